The van der Waals surface area contributed by atoms with Gasteiger partial charge in [0.2, 0.25) is 0 Å². The summed E-state index contributed by atoms with van der Waals surface area (Å²) in [6.45, 7) is 13.4. The second-order valence-electron chi connectivity index (χ2n) is 6.98. The van der Waals surface area contributed by atoms with Gasteiger partial charge in [-0.3, -0.25) is 9.97 Å². The number of hydrogen-bond donors (Lipinski definition) is 0. The fraction of sp³-hybridized carbons (Fsp3) is 0.714. The summed E-state index contributed by atoms with van der Waals surface area (Å²) in [5.74, 6) is 0. The molecule has 0 radical (unpaired) electrons. The van der Waals surface area contributed by atoms with Crippen molar-refractivity contribution in [2.24, 2.45) is 10.8 Å². The lowest BCUT2D eigenvalue weighted by molar-refractivity contribution is 0.394. The zero-order valence-electron chi connectivity index (χ0n) is 11.5. The minimum atomic E-state index is 0.273. The van der Waals surface area contributed by atoms with E-state index in [2.05, 4.69) is 51.5 Å². The molecule has 0 aromatic carbocycles. The molecule has 0 aliphatic heterocycles. The van der Waals surface area contributed by atoms with Gasteiger partial charge in [-0.25, -0.2) is 0 Å². The molecule has 1 aromatic rings. The van der Waals surface area contributed by atoms with Crippen LogP contribution in [0.1, 0.15) is 52.9 Å². The van der Waals surface area contributed by atoms with E-state index in [9.17, 15) is 0 Å². The molecule has 1 heterocycles. The molecule has 0 aliphatic carbocycles. The van der Waals surface area contributed by atoms with Gasteiger partial charge in [0.25, 0.3) is 0 Å². The van der Waals surface area contributed by atoms with E-state index in [1.807, 2.05) is 12.4 Å². The summed E-state index contributed by atoms with van der Waals surface area (Å²) in [4.78, 5) is 8.97. The summed E-state index contributed by atoms with van der Waals surface area (Å²) >= 11 is 0. The molecular formula is C14H24N2. The van der Waals surface area contributed by atoms with Gasteiger partial charge in [-0.05, 0) is 23.7 Å². The van der Waals surface area contributed by atoms with Gasteiger partial charge in [0.1, 0.15) is 0 Å². The van der Waals surface area contributed by atoms with Crippen LogP contribution in [0.25, 0.3) is 0 Å². The van der Waals surface area contributed by atoms with Crippen LogP contribution in [0.4, 0.5) is 0 Å². The fourth-order valence-electron chi connectivity index (χ4n) is 1.71. The summed E-state index contributed by atoms with van der Waals surface area (Å²) in [6.07, 6.45) is 5.74. The average molecular weight is 220 g/mol. The van der Waals surface area contributed by atoms with Gasteiger partial charge >= 0.3 is 0 Å². The molecule has 0 fully saturated rings. The molecule has 0 amide bonds. The standard InChI is InChI=1S/C14H24N2/c1-13(2,3)7-11-9-15-10-12(16-11)8-14(4,5)6/h9-10H,7-8H2,1-6H3. The minimum absolute atomic E-state index is 0.273. The average Bonchev–Trinajstić information content (AvgIpc) is 1.96. The maximum absolute atomic E-state index is 4.68. The molecule has 0 unspecified atom stereocenters. The van der Waals surface area contributed by atoms with Gasteiger partial charge in [0, 0.05) is 12.4 Å². The van der Waals surface area contributed by atoms with Crippen molar-refractivity contribution >= 4 is 0 Å². The second kappa shape index (κ2) is 4.52. The Labute approximate surface area is 99.5 Å². The lowest BCUT2D eigenvalue weighted by Gasteiger charge is -2.19. The van der Waals surface area contributed by atoms with Crippen LogP contribution in [0.5, 0.6) is 0 Å². The van der Waals surface area contributed by atoms with Crippen LogP contribution < -0.4 is 0 Å². The lowest BCUT2D eigenvalue weighted by atomic mass is 9.89. The molecule has 0 spiro atoms. The van der Waals surface area contributed by atoms with Crippen LogP contribution in [-0.4, -0.2) is 9.97 Å². The van der Waals surface area contributed by atoms with Gasteiger partial charge in [0.05, 0.1) is 11.4 Å². The maximum atomic E-state index is 4.68. The predicted molar refractivity (Wildman–Crippen MR) is 68.4 cm³/mol. The summed E-state index contributed by atoms with van der Waals surface area (Å²) in [5, 5.41) is 0. The maximum Gasteiger partial charge on any atom is 0.0595 e. The summed E-state index contributed by atoms with van der Waals surface area (Å²) in [6, 6.07) is 0. The van der Waals surface area contributed by atoms with Crippen molar-refractivity contribution in [3.05, 3.63) is 23.8 Å². The van der Waals surface area contributed by atoms with Crippen LogP contribution in [-0.2, 0) is 12.8 Å². The van der Waals surface area contributed by atoms with E-state index in [-0.39, 0.29) is 10.8 Å². The third-order valence-corrected chi connectivity index (χ3v) is 2.16. The third kappa shape index (κ3) is 5.24. The van der Waals surface area contributed by atoms with Gasteiger partial charge in [-0.1, -0.05) is 41.5 Å². The van der Waals surface area contributed by atoms with Gasteiger partial charge in [-0.15, -0.1) is 0 Å². The van der Waals surface area contributed by atoms with E-state index < -0.39 is 0 Å². The molecule has 1 rings (SSSR count). The molecule has 0 saturated carbocycles. The first-order valence-corrected chi connectivity index (χ1v) is 5.96. The highest BCUT2D eigenvalue weighted by Crippen LogP contribution is 2.21. The molecule has 90 valence electrons. The largest absolute Gasteiger partial charge is 0.261 e. The zero-order chi connectivity index (χ0) is 12.4. The smallest absolute Gasteiger partial charge is 0.0595 e. The quantitative estimate of drug-likeness (QED) is 0.760. The Morgan fingerprint density at radius 1 is 0.812 bits per heavy atom. The molecular weight excluding hydrogens is 196 g/mol. The van der Waals surface area contributed by atoms with E-state index in [1.165, 1.54) is 0 Å². The second-order valence-corrected chi connectivity index (χ2v) is 6.98. The molecule has 0 aliphatic rings. The number of nitrogens with zero attached hydrogens (tertiary/aromatic N) is 2. The molecule has 16 heavy (non-hydrogen) atoms. The highest BCUT2D eigenvalue weighted by atomic mass is 14.8. The zero-order valence-corrected chi connectivity index (χ0v) is 11.5. The first kappa shape index (κ1) is 13.1. The summed E-state index contributed by atoms with van der Waals surface area (Å²) in [5.41, 5.74) is 2.76. The third-order valence-electron chi connectivity index (χ3n) is 2.16. The fourth-order valence-corrected chi connectivity index (χ4v) is 1.71. The van der Waals surface area contributed by atoms with Gasteiger partial charge in [0.15, 0.2) is 0 Å². The first-order valence-electron chi connectivity index (χ1n) is 5.96. The van der Waals surface area contributed by atoms with Crippen LogP contribution in [0.2, 0.25) is 0 Å². The normalized spacial score (nSPS) is 12.9. The first-order chi connectivity index (χ1) is 7.16. The van der Waals surface area contributed by atoms with E-state index in [0.717, 1.165) is 24.2 Å². The Bertz CT molecular complexity index is 311. The van der Waals surface area contributed by atoms with Crippen molar-refractivity contribution in [2.45, 2.75) is 54.4 Å². The highest BCUT2D eigenvalue weighted by Gasteiger charge is 2.15. The van der Waals surface area contributed by atoms with E-state index in [1.54, 1.807) is 0 Å². The molecule has 0 bridgehead atoms. The molecule has 2 nitrogen and oxygen atoms in total. The monoisotopic (exact) mass is 220 g/mol. The number of rotatable bonds is 2. The Morgan fingerprint density at radius 3 is 1.50 bits per heavy atom. The van der Waals surface area contributed by atoms with Crippen LogP contribution in [0, 0.1) is 10.8 Å². The molecule has 0 atom stereocenters. The Hall–Kier alpha value is -0.920. The SMILES string of the molecule is CC(C)(C)Cc1cncc(CC(C)(C)C)n1. The topological polar surface area (TPSA) is 25.8 Å². The summed E-state index contributed by atoms with van der Waals surface area (Å²) < 4.78 is 0. The number of aromatic nitrogens is 2. The van der Waals surface area contributed by atoms with Crippen molar-refractivity contribution in [1.82, 2.24) is 9.97 Å². The van der Waals surface area contributed by atoms with Crippen molar-refractivity contribution < 1.29 is 0 Å². The molecule has 0 saturated heterocycles. The van der Waals surface area contributed by atoms with E-state index in [4.69, 9.17) is 0 Å². The van der Waals surface area contributed by atoms with Gasteiger partial charge in [-0.2, -0.15) is 0 Å². The van der Waals surface area contributed by atoms with Crippen molar-refractivity contribution in [3.8, 4) is 0 Å². The molecule has 2 heteroatoms. The molecule has 1 aromatic heterocycles. The van der Waals surface area contributed by atoms with Crippen molar-refractivity contribution in [1.29, 1.82) is 0 Å². The minimum Gasteiger partial charge on any atom is -0.261 e. The van der Waals surface area contributed by atoms with Crippen LogP contribution in [0.3, 0.4) is 0 Å². The predicted octanol–water partition coefficient (Wildman–Crippen LogP) is 3.65. The Kier molecular flexibility index (Phi) is 3.72. The Balaban J connectivity index is 2.79. The van der Waals surface area contributed by atoms with Gasteiger partial charge < -0.3 is 0 Å². The summed E-state index contributed by atoms with van der Waals surface area (Å²) in [7, 11) is 0. The van der Waals surface area contributed by atoms with E-state index >= 15 is 0 Å². The Morgan fingerprint density at radius 2 is 1.19 bits per heavy atom. The highest BCUT2D eigenvalue weighted by molar-refractivity contribution is 5.06. The van der Waals surface area contributed by atoms with Crippen molar-refractivity contribution in [3.63, 3.8) is 0 Å². The number of hydrogen-bond acceptors (Lipinski definition) is 2. The van der Waals surface area contributed by atoms with E-state index in [0.29, 0.717) is 0 Å². The lowest BCUT2D eigenvalue weighted by Crippen LogP contribution is -2.14. The van der Waals surface area contributed by atoms with Crippen molar-refractivity contribution in [2.75, 3.05) is 0 Å². The van der Waals surface area contributed by atoms with Crippen LogP contribution in [0.15, 0.2) is 12.4 Å². The molecule has 0 N–H and O–H groups in total. The van der Waals surface area contributed by atoms with Crippen LogP contribution >= 0.6 is 0 Å².